The fourth-order valence-electron chi connectivity index (χ4n) is 3.50. The molecule has 7 heteroatoms. The van der Waals surface area contributed by atoms with E-state index in [9.17, 15) is 13.5 Å². The van der Waals surface area contributed by atoms with Crippen molar-refractivity contribution < 1.29 is 18.3 Å². The Morgan fingerprint density at radius 2 is 1.56 bits per heavy atom. The summed E-state index contributed by atoms with van der Waals surface area (Å²) in [6.45, 7) is 14.5. The number of aliphatic hydroxyl groups excluding tert-OH is 1. The second-order valence-corrected chi connectivity index (χ2v) is 9.70. The number of β-amino-alcohol motifs (C(OH)–C–C–N with tert-alkyl or cyclic N) is 1. The monoisotopic (exact) mass is 398 g/mol. The van der Waals surface area contributed by atoms with Crippen molar-refractivity contribution in [3.8, 4) is 0 Å². The van der Waals surface area contributed by atoms with E-state index in [1.807, 2.05) is 47.6 Å². The predicted octanol–water partition coefficient (Wildman–Crippen LogP) is 2.01. The lowest BCUT2D eigenvalue weighted by atomic mass is 10.0. The molecule has 0 saturated carbocycles. The third-order valence-corrected chi connectivity index (χ3v) is 7.49. The number of hydrogen-bond acceptors (Lipinski definition) is 5. The molecular formula is C20H34N2O4S. The molecule has 1 unspecified atom stereocenters. The van der Waals surface area contributed by atoms with E-state index in [0.29, 0.717) is 44.2 Å². The number of aryl methyl sites for hydroxylation is 2. The Kier molecular flexibility index (Phi) is 7.44. The van der Waals surface area contributed by atoms with Gasteiger partial charge in [-0.15, -0.1) is 0 Å². The molecule has 0 bridgehead atoms. The minimum atomic E-state index is -3.52. The van der Waals surface area contributed by atoms with Crippen LogP contribution in [0.5, 0.6) is 0 Å². The summed E-state index contributed by atoms with van der Waals surface area (Å²) in [6.07, 6.45) is -0.467. The van der Waals surface area contributed by atoms with Crippen LogP contribution in [-0.2, 0) is 14.8 Å². The van der Waals surface area contributed by atoms with Crippen LogP contribution >= 0.6 is 0 Å². The van der Waals surface area contributed by atoms with Crippen LogP contribution in [-0.4, -0.2) is 74.3 Å². The largest absolute Gasteiger partial charge is 0.389 e. The van der Waals surface area contributed by atoms with Crippen molar-refractivity contribution in [2.45, 2.75) is 58.6 Å². The van der Waals surface area contributed by atoms with E-state index in [2.05, 4.69) is 4.90 Å². The van der Waals surface area contributed by atoms with Crippen molar-refractivity contribution in [3.63, 3.8) is 0 Å². The highest BCUT2D eigenvalue weighted by atomic mass is 32.2. The quantitative estimate of drug-likeness (QED) is 0.761. The number of rotatable bonds is 7. The molecule has 1 aromatic carbocycles. The van der Waals surface area contributed by atoms with Gasteiger partial charge in [-0.05, 0) is 63.8 Å². The van der Waals surface area contributed by atoms with E-state index >= 15 is 0 Å². The molecule has 0 aromatic heterocycles. The minimum absolute atomic E-state index is 0.0888. The fourth-order valence-corrected chi connectivity index (χ4v) is 5.50. The molecule has 1 aliphatic rings. The molecule has 1 aliphatic heterocycles. The van der Waals surface area contributed by atoms with Crippen LogP contribution < -0.4 is 0 Å². The molecule has 1 atom stereocenters. The van der Waals surface area contributed by atoms with Gasteiger partial charge < -0.3 is 9.84 Å². The van der Waals surface area contributed by atoms with Crippen LogP contribution in [0.4, 0.5) is 0 Å². The lowest BCUT2D eigenvalue weighted by Crippen LogP contribution is -2.51. The summed E-state index contributed by atoms with van der Waals surface area (Å²) >= 11 is 0. The van der Waals surface area contributed by atoms with Crippen molar-refractivity contribution >= 4 is 10.0 Å². The molecular weight excluding hydrogens is 364 g/mol. The molecule has 0 spiro atoms. The van der Waals surface area contributed by atoms with E-state index in [1.165, 1.54) is 0 Å². The van der Waals surface area contributed by atoms with Crippen molar-refractivity contribution in [2.24, 2.45) is 0 Å². The highest BCUT2D eigenvalue weighted by molar-refractivity contribution is 7.89. The lowest BCUT2D eigenvalue weighted by Gasteiger charge is -2.35. The van der Waals surface area contributed by atoms with E-state index < -0.39 is 16.1 Å². The summed E-state index contributed by atoms with van der Waals surface area (Å²) in [6, 6.07) is 2.04. The van der Waals surface area contributed by atoms with Crippen LogP contribution in [0.25, 0.3) is 0 Å². The van der Waals surface area contributed by atoms with Gasteiger partial charge in [0.1, 0.15) is 0 Å². The van der Waals surface area contributed by atoms with Crippen LogP contribution in [0.2, 0.25) is 0 Å². The van der Waals surface area contributed by atoms with Gasteiger partial charge in [0.2, 0.25) is 10.0 Å². The number of nitrogens with zero attached hydrogens (tertiary/aromatic N) is 2. The molecule has 2 rings (SSSR count). The molecule has 0 radical (unpaired) electrons. The topological polar surface area (TPSA) is 70.1 Å². The van der Waals surface area contributed by atoms with Gasteiger partial charge in [0.05, 0.1) is 23.7 Å². The van der Waals surface area contributed by atoms with Crippen LogP contribution in [0, 0.1) is 27.7 Å². The van der Waals surface area contributed by atoms with Crippen molar-refractivity contribution in [2.75, 3.05) is 39.3 Å². The fraction of sp³-hybridized carbons (Fsp3) is 0.700. The minimum Gasteiger partial charge on any atom is -0.389 e. The Balaban J connectivity index is 2.06. The van der Waals surface area contributed by atoms with Gasteiger partial charge in [0, 0.05) is 32.7 Å². The zero-order chi connectivity index (χ0) is 20.4. The highest BCUT2D eigenvalue weighted by Gasteiger charge is 2.32. The Morgan fingerprint density at radius 1 is 1.04 bits per heavy atom. The number of sulfonamides is 1. The van der Waals surface area contributed by atoms with Gasteiger partial charge in [-0.2, -0.15) is 4.31 Å². The molecule has 6 nitrogen and oxygen atoms in total. The third-order valence-electron chi connectivity index (χ3n) is 5.32. The van der Waals surface area contributed by atoms with E-state index in [0.717, 1.165) is 22.3 Å². The molecule has 0 aliphatic carbocycles. The number of hydrogen-bond donors (Lipinski definition) is 1. The predicted molar refractivity (Wildman–Crippen MR) is 108 cm³/mol. The number of aliphatic hydroxyl groups is 1. The highest BCUT2D eigenvalue weighted by Crippen LogP contribution is 2.29. The van der Waals surface area contributed by atoms with E-state index in [4.69, 9.17) is 4.74 Å². The maximum Gasteiger partial charge on any atom is 0.243 e. The molecule has 1 N–H and O–H groups in total. The Labute approximate surface area is 164 Å². The van der Waals surface area contributed by atoms with Gasteiger partial charge >= 0.3 is 0 Å². The van der Waals surface area contributed by atoms with Crippen molar-refractivity contribution in [1.82, 2.24) is 9.21 Å². The molecule has 1 heterocycles. The smallest absolute Gasteiger partial charge is 0.243 e. The number of piperazine rings is 1. The average molecular weight is 399 g/mol. The second kappa shape index (κ2) is 9.01. The third kappa shape index (κ3) is 5.29. The summed E-state index contributed by atoms with van der Waals surface area (Å²) in [5.41, 5.74) is 3.68. The van der Waals surface area contributed by atoms with Crippen LogP contribution in [0.15, 0.2) is 11.0 Å². The molecule has 1 aromatic rings. The van der Waals surface area contributed by atoms with Crippen LogP contribution in [0.3, 0.4) is 0 Å². The number of ether oxygens (including phenoxy) is 1. The van der Waals surface area contributed by atoms with Crippen LogP contribution in [0.1, 0.15) is 36.1 Å². The van der Waals surface area contributed by atoms with Gasteiger partial charge in [0.15, 0.2) is 0 Å². The molecule has 0 amide bonds. The summed E-state index contributed by atoms with van der Waals surface area (Å²) in [7, 11) is -3.52. The number of benzene rings is 1. The van der Waals surface area contributed by atoms with Gasteiger partial charge in [-0.1, -0.05) is 6.07 Å². The summed E-state index contributed by atoms with van der Waals surface area (Å²) in [5, 5.41) is 10.1. The van der Waals surface area contributed by atoms with E-state index in [-0.39, 0.29) is 6.10 Å². The normalized spacial score (nSPS) is 18.2. The summed E-state index contributed by atoms with van der Waals surface area (Å²) in [5.74, 6) is 0. The maximum atomic E-state index is 13.3. The van der Waals surface area contributed by atoms with Gasteiger partial charge in [0.25, 0.3) is 0 Å². The Hall–Kier alpha value is -0.990. The average Bonchev–Trinajstić information content (AvgIpc) is 2.59. The Morgan fingerprint density at radius 3 is 2.04 bits per heavy atom. The zero-order valence-electron chi connectivity index (χ0n) is 17.4. The van der Waals surface area contributed by atoms with Crippen molar-refractivity contribution in [1.29, 1.82) is 0 Å². The van der Waals surface area contributed by atoms with Gasteiger partial charge in [-0.3, -0.25) is 4.90 Å². The Bertz CT molecular complexity index is 727. The first-order chi connectivity index (χ1) is 12.5. The maximum absolute atomic E-state index is 13.3. The van der Waals surface area contributed by atoms with Gasteiger partial charge in [-0.25, -0.2) is 8.42 Å². The summed E-state index contributed by atoms with van der Waals surface area (Å²) < 4.78 is 33.6. The second-order valence-electron chi connectivity index (χ2n) is 7.83. The summed E-state index contributed by atoms with van der Waals surface area (Å²) in [4.78, 5) is 2.56. The molecule has 1 fully saturated rings. The van der Waals surface area contributed by atoms with E-state index in [1.54, 1.807) is 4.31 Å². The first-order valence-electron chi connectivity index (χ1n) is 9.63. The lowest BCUT2D eigenvalue weighted by molar-refractivity contribution is -0.0117. The first-order valence-corrected chi connectivity index (χ1v) is 11.1. The standard InChI is InChI=1S/C20H34N2O4S/c1-14(2)26-13-19(23)12-21-7-9-22(10-8-21)27(24,25)20-17(5)15(3)11-16(4)18(20)6/h11,14,19,23H,7-10,12-13H2,1-6H3. The molecule has 27 heavy (non-hydrogen) atoms. The molecule has 154 valence electrons. The zero-order valence-corrected chi connectivity index (χ0v) is 18.3. The van der Waals surface area contributed by atoms with Crippen molar-refractivity contribution in [3.05, 3.63) is 28.3 Å². The molecule has 1 saturated heterocycles. The first kappa shape index (κ1) is 22.3. The SMILES string of the molecule is Cc1cc(C)c(C)c(S(=O)(=O)N2CCN(CC(O)COC(C)C)CC2)c1C.